The molecule has 0 N–H and O–H groups in total. The summed E-state index contributed by atoms with van der Waals surface area (Å²) in [6.45, 7) is 0. The average molecular weight is 615 g/mol. The van der Waals surface area contributed by atoms with E-state index in [0.29, 0.717) is 0 Å². The van der Waals surface area contributed by atoms with Crippen molar-refractivity contribution in [2.75, 3.05) is 0 Å². The normalized spacial score (nSPS) is 11.4. The summed E-state index contributed by atoms with van der Waals surface area (Å²) in [4.78, 5) is 13.9. The Kier molecular flexibility index (Phi) is 6.62. The lowest BCUT2D eigenvalue weighted by atomic mass is 9.85. The number of aromatic nitrogens is 2. The Morgan fingerprint density at radius 2 is 0.729 bits per heavy atom. The van der Waals surface area contributed by atoms with Crippen LogP contribution in [0.15, 0.2) is 187 Å². The highest BCUT2D eigenvalue weighted by atomic mass is 16.1. The highest BCUT2D eigenvalue weighted by Gasteiger charge is 2.18. The van der Waals surface area contributed by atoms with E-state index in [1.165, 1.54) is 43.8 Å². The second kappa shape index (κ2) is 11.4. The predicted octanol–water partition coefficient (Wildman–Crippen LogP) is 11.1. The van der Waals surface area contributed by atoms with Crippen molar-refractivity contribution in [1.29, 1.82) is 0 Å². The zero-order chi connectivity index (χ0) is 32.0. The van der Waals surface area contributed by atoms with Gasteiger partial charge in [-0.1, -0.05) is 140 Å². The first-order valence-electron chi connectivity index (χ1n) is 16.2. The number of nitrogens with zero attached hydrogens (tertiary/aromatic N) is 2. The van der Waals surface area contributed by atoms with E-state index in [2.05, 4.69) is 127 Å². The summed E-state index contributed by atoms with van der Waals surface area (Å²) in [7, 11) is 0. The minimum Gasteiger partial charge on any atom is -0.260 e. The molecule has 0 atom stereocenters. The van der Waals surface area contributed by atoms with E-state index in [9.17, 15) is 4.79 Å². The quantitative estimate of drug-likeness (QED) is 0.177. The van der Waals surface area contributed by atoms with Crippen LogP contribution < -0.4 is 5.69 Å². The van der Waals surface area contributed by atoms with Gasteiger partial charge in [-0.3, -0.25) is 9.13 Å². The van der Waals surface area contributed by atoms with Crippen LogP contribution in [0.4, 0.5) is 0 Å². The summed E-state index contributed by atoms with van der Waals surface area (Å²) in [5.74, 6) is 0. The Balaban J connectivity index is 1.23. The fraction of sp³-hybridized carbons (Fsp3) is 0. The molecule has 0 amide bonds. The molecule has 0 fully saturated rings. The van der Waals surface area contributed by atoms with E-state index in [0.717, 1.165) is 33.5 Å². The summed E-state index contributed by atoms with van der Waals surface area (Å²) in [5, 5.41) is 4.91. The van der Waals surface area contributed by atoms with Gasteiger partial charge in [0.05, 0.1) is 22.4 Å². The predicted molar refractivity (Wildman–Crippen MR) is 200 cm³/mol. The van der Waals surface area contributed by atoms with Gasteiger partial charge in [-0.2, -0.15) is 0 Å². The van der Waals surface area contributed by atoms with Crippen LogP contribution in [0, 0.1) is 0 Å². The van der Waals surface area contributed by atoms with Crippen molar-refractivity contribution in [3.05, 3.63) is 192 Å². The molecule has 0 radical (unpaired) electrons. The second-order valence-corrected chi connectivity index (χ2v) is 12.1. The summed E-state index contributed by atoms with van der Waals surface area (Å²) in [5.41, 5.74) is 10.4. The molecule has 0 saturated heterocycles. The minimum absolute atomic E-state index is 0.0892. The highest BCUT2D eigenvalue weighted by Crippen LogP contribution is 2.44. The van der Waals surface area contributed by atoms with Gasteiger partial charge in [0.1, 0.15) is 0 Å². The van der Waals surface area contributed by atoms with Gasteiger partial charge in [0.25, 0.3) is 0 Å². The van der Waals surface area contributed by atoms with E-state index in [-0.39, 0.29) is 5.69 Å². The molecule has 0 aliphatic carbocycles. The Hall–Kier alpha value is -6.45. The molecule has 0 aliphatic rings. The standard InChI is InChI=1S/C45H30N2O/c48-45-46(35-18-8-3-9-19-35)41-22-12-13-23-42(41)47(45)36-27-24-31(25-28-36)34-26-29-39-40(30-34)44(33-16-6-2-7-17-33)38-21-11-10-20-37(38)43(39)32-14-4-1-5-15-32/h1-30H. The van der Waals surface area contributed by atoms with E-state index in [4.69, 9.17) is 0 Å². The van der Waals surface area contributed by atoms with Gasteiger partial charge >= 0.3 is 5.69 Å². The van der Waals surface area contributed by atoms with Crippen molar-refractivity contribution in [1.82, 2.24) is 9.13 Å². The molecule has 0 bridgehead atoms. The Bertz CT molecular complexity index is 2650. The van der Waals surface area contributed by atoms with Gasteiger partial charge in [0.2, 0.25) is 0 Å². The molecule has 3 nitrogen and oxygen atoms in total. The van der Waals surface area contributed by atoms with Crippen molar-refractivity contribution in [3.8, 4) is 44.8 Å². The molecular formula is C45H30N2O. The van der Waals surface area contributed by atoms with Crippen LogP contribution in [0.25, 0.3) is 77.3 Å². The third kappa shape index (κ3) is 4.48. The number of rotatable bonds is 5. The third-order valence-corrected chi connectivity index (χ3v) is 9.37. The molecule has 9 aromatic rings. The van der Waals surface area contributed by atoms with Gasteiger partial charge < -0.3 is 0 Å². The molecule has 0 unspecified atom stereocenters. The number of fused-ring (bicyclic) bond motifs is 3. The number of para-hydroxylation sites is 3. The summed E-state index contributed by atoms with van der Waals surface area (Å²) < 4.78 is 3.59. The average Bonchev–Trinajstić information content (AvgIpc) is 3.46. The van der Waals surface area contributed by atoms with Gasteiger partial charge in [0, 0.05) is 0 Å². The molecule has 0 spiro atoms. The van der Waals surface area contributed by atoms with Gasteiger partial charge in [-0.05, 0) is 97.4 Å². The first-order chi connectivity index (χ1) is 23.8. The van der Waals surface area contributed by atoms with E-state index in [1.54, 1.807) is 9.13 Å². The SMILES string of the molecule is O=c1n(-c2ccccc2)c2ccccc2n1-c1ccc(-c2ccc3c(-c4ccccc4)c4ccccc4c(-c4ccccc4)c3c2)cc1. The second-order valence-electron chi connectivity index (χ2n) is 12.1. The zero-order valence-corrected chi connectivity index (χ0v) is 26.1. The fourth-order valence-corrected chi connectivity index (χ4v) is 7.22. The monoisotopic (exact) mass is 614 g/mol. The maximum absolute atomic E-state index is 13.9. The van der Waals surface area contributed by atoms with Crippen molar-refractivity contribution in [2.24, 2.45) is 0 Å². The smallest absolute Gasteiger partial charge is 0.260 e. The van der Waals surface area contributed by atoms with Crippen LogP contribution in [0.5, 0.6) is 0 Å². The Labute approximate surface area is 278 Å². The van der Waals surface area contributed by atoms with Crippen LogP contribution in [0.2, 0.25) is 0 Å². The Morgan fingerprint density at radius 3 is 1.29 bits per heavy atom. The van der Waals surface area contributed by atoms with Crippen molar-refractivity contribution in [2.45, 2.75) is 0 Å². The van der Waals surface area contributed by atoms with Crippen molar-refractivity contribution in [3.63, 3.8) is 0 Å². The molecule has 0 aliphatic heterocycles. The lowest BCUT2D eigenvalue weighted by Gasteiger charge is -2.18. The van der Waals surface area contributed by atoms with E-state index in [1.807, 2.05) is 54.6 Å². The molecule has 3 heteroatoms. The lowest BCUT2D eigenvalue weighted by molar-refractivity contribution is 0.931. The van der Waals surface area contributed by atoms with Gasteiger partial charge in [0.15, 0.2) is 0 Å². The highest BCUT2D eigenvalue weighted by molar-refractivity contribution is 6.21. The maximum Gasteiger partial charge on any atom is 0.338 e. The molecule has 0 saturated carbocycles. The van der Waals surface area contributed by atoms with Crippen LogP contribution in [0.3, 0.4) is 0 Å². The lowest BCUT2D eigenvalue weighted by Crippen LogP contribution is -2.21. The fourth-order valence-electron chi connectivity index (χ4n) is 7.22. The number of imidazole rings is 1. The van der Waals surface area contributed by atoms with Crippen LogP contribution in [-0.4, -0.2) is 9.13 Å². The molecule has 226 valence electrons. The van der Waals surface area contributed by atoms with E-state index >= 15 is 0 Å². The first-order valence-corrected chi connectivity index (χ1v) is 16.2. The van der Waals surface area contributed by atoms with E-state index < -0.39 is 0 Å². The Morgan fingerprint density at radius 1 is 0.312 bits per heavy atom. The number of hydrogen-bond acceptors (Lipinski definition) is 1. The van der Waals surface area contributed by atoms with Crippen LogP contribution in [-0.2, 0) is 0 Å². The summed E-state index contributed by atoms with van der Waals surface area (Å²) >= 11 is 0. The third-order valence-electron chi connectivity index (χ3n) is 9.37. The summed E-state index contributed by atoms with van der Waals surface area (Å²) in [6.07, 6.45) is 0. The first kappa shape index (κ1) is 27.8. The van der Waals surface area contributed by atoms with Crippen LogP contribution in [0.1, 0.15) is 0 Å². The van der Waals surface area contributed by atoms with Crippen molar-refractivity contribution < 1.29 is 0 Å². The van der Waals surface area contributed by atoms with Crippen molar-refractivity contribution >= 4 is 32.6 Å². The molecule has 8 aromatic carbocycles. The minimum atomic E-state index is -0.0892. The largest absolute Gasteiger partial charge is 0.338 e. The maximum atomic E-state index is 13.9. The molecule has 1 heterocycles. The number of hydrogen-bond donors (Lipinski definition) is 0. The number of benzene rings is 8. The van der Waals surface area contributed by atoms with Gasteiger partial charge in [-0.25, -0.2) is 4.79 Å². The molecule has 1 aromatic heterocycles. The van der Waals surface area contributed by atoms with Crippen LogP contribution >= 0.6 is 0 Å². The molecule has 48 heavy (non-hydrogen) atoms. The van der Waals surface area contributed by atoms with Gasteiger partial charge in [-0.15, -0.1) is 0 Å². The zero-order valence-electron chi connectivity index (χ0n) is 26.1. The molecule has 9 rings (SSSR count). The molecular weight excluding hydrogens is 585 g/mol. The topological polar surface area (TPSA) is 26.9 Å². The summed E-state index contributed by atoms with van der Waals surface area (Å²) in [6, 6.07) is 63.1.